The van der Waals surface area contributed by atoms with E-state index >= 15 is 0 Å². The Morgan fingerprint density at radius 2 is 2.00 bits per heavy atom. The maximum atomic E-state index is 9.68. The number of aromatic amines is 1. The summed E-state index contributed by atoms with van der Waals surface area (Å²) in [6.07, 6.45) is 3.86. The van der Waals surface area contributed by atoms with Crippen LogP contribution in [0.25, 0.3) is 11.4 Å². The van der Waals surface area contributed by atoms with E-state index in [2.05, 4.69) is 29.0 Å². The summed E-state index contributed by atoms with van der Waals surface area (Å²) in [5.74, 6) is 0.856. The fourth-order valence-electron chi connectivity index (χ4n) is 1.71. The smallest absolute Gasteiger partial charge is 0.232 e. The van der Waals surface area contributed by atoms with Crippen LogP contribution in [-0.4, -0.2) is 21.3 Å². The number of imidazole rings is 1. The number of H-pyrrole nitrogens is 1. The average Bonchev–Trinajstić information content (AvgIpc) is 2.72. The Balaban J connectivity index is 2.29. The number of aryl methyl sites for hydroxylation is 1. The lowest BCUT2D eigenvalue weighted by atomic mass is 10.2. The van der Waals surface area contributed by atoms with Crippen molar-refractivity contribution < 1.29 is 5.11 Å². The largest absolute Gasteiger partial charge is 0.492 e. The maximum Gasteiger partial charge on any atom is 0.232 e. The zero-order valence-electron chi connectivity index (χ0n) is 10.0. The van der Waals surface area contributed by atoms with Crippen LogP contribution in [0.5, 0.6) is 5.88 Å². The number of hydrogen-bond acceptors (Lipinski definition) is 3. The fourth-order valence-corrected chi connectivity index (χ4v) is 2.12. The molecule has 0 radical (unpaired) electrons. The molecule has 0 aliphatic heterocycles. The fraction of sp³-hybridized carbons (Fsp3) is 0.308. The zero-order valence-corrected chi connectivity index (χ0v) is 10.8. The second-order valence-corrected chi connectivity index (χ2v) is 4.75. The van der Waals surface area contributed by atoms with Crippen molar-refractivity contribution >= 4 is 11.8 Å². The lowest BCUT2D eigenvalue weighted by molar-refractivity contribution is 0.449. The molecule has 0 amide bonds. The Labute approximate surface area is 105 Å². The summed E-state index contributed by atoms with van der Waals surface area (Å²) in [6, 6.07) is 8.14. The Hall–Kier alpha value is -1.42. The normalized spacial score (nSPS) is 10.7. The summed E-state index contributed by atoms with van der Waals surface area (Å²) < 4.78 is 0. The second kappa shape index (κ2) is 5.27. The second-order valence-electron chi connectivity index (χ2n) is 3.87. The minimum atomic E-state index is 0.121. The summed E-state index contributed by atoms with van der Waals surface area (Å²) in [5.41, 5.74) is 1.82. The van der Waals surface area contributed by atoms with Crippen molar-refractivity contribution in [3.05, 3.63) is 30.0 Å². The van der Waals surface area contributed by atoms with Gasteiger partial charge in [-0.3, -0.25) is 0 Å². The van der Waals surface area contributed by atoms with E-state index in [-0.39, 0.29) is 5.88 Å². The van der Waals surface area contributed by atoms with E-state index in [0.717, 1.165) is 29.9 Å². The summed E-state index contributed by atoms with van der Waals surface area (Å²) in [7, 11) is 0. The van der Waals surface area contributed by atoms with Crippen LogP contribution < -0.4 is 0 Å². The van der Waals surface area contributed by atoms with E-state index in [4.69, 9.17) is 0 Å². The highest BCUT2D eigenvalue weighted by atomic mass is 32.2. The van der Waals surface area contributed by atoms with Gasteiger partial charge >= 0.3 is 0 Å². The lowest BCUT2D eigenvalue weighted by Crippen LogP contribution is -1.84. The first kappa shape index (κ1) is 12.0. The van der Waals surface area contributed by atoms with Gasteiger partial charge in [0.1, 0.15) is 5.82 Å². The highest BCUT2D eigenvalue weighted by Crippen LogP contribution is 2.24. The lowest BCUT2D eigenvalue weighted by Gasteiger charge is -1.98. The van der Waals surface area contributed by atoms with Crippen molar-refractivity contribution in [1.29, 1.82) is 0 Å². The molecule has 0 bridgehead atoms. The average molecular weight is 248 g/mol. The molecule has 2 rings (SSSR count). The minimum absolute atomic E-state index is 0.121. The molecule has 0 aliphatic carbocycles. The van der Waals surface area contributed by atoms with Gasteiger partial charge in [0.2, 0.25) is 5.88 Å². The number of aromatic hydroxyl groups is 1. The predicted octanol–water partition coefficient (Wildman–Crippen LogP) is 3.46. The quantitative estimate of drug-likeness (QED) is 0.815. The van der Waals surface area contributed by atoms with E-state index in [9.17, 15) is 5.11 Å². The summed E-state index contributed by atoms with van der Waals surface area (Å²) in [5, 5.41) is 9.68. The van der Waals surface area contributed by atoms with Gasteiger partial charge in [0.25, 0.3) is 0 Å². The van der Waals surface area contributed by atoms with E-state index in [1.807, 2.05) is 18.4 Å². The molecule has 0 saturated carbocycles. The van der Waals surface area contributed by atoms with Gasteiger partial charge in [-0.2, -0.15) is 4.98 Å². The number of hydrogen-bond donors (Lipinski definition) is 2. The van der Waals surface area contributed by atoms with Crippen LogP contribution in [0.4, 0.5) is 0 Å². The van der Waals surface area contributed by atoms with Gasteiger partial charge in [-0.05, 0) is 24.8 Å². The maximum absolute atomic E-state index is 9.68. The highest BCUT2D eigenvalue weighted by molar-refractivity contribution is 7.98. The molecule has 1 aromatic carbocycles. The number of thioether (sulfide) groups is 1. The zero-order chi connectivity index (χ0) is 12.3. The molecule has 17 heavy (non-hydrogen) atoms. The molecule has 0 saturated heterocycles. The molecule has 1 aromatic heterocycles. The van der Waals surface area contributed by atoms with Gasteiger partial charge in [0.15, 0.2) is 0 Å². The Bertz CT molecular complexity index is 491. The van der Waals surface area contributed by atoms with Gasteiger partial charge < -0.3 is 10.1 Å². The van der Waals surface area contributed by atoms with Gasteiger partial charge in [-0.25, -0.2) is 0 Å². The minimum Gasteiger partial charge on any atom is -0.492 e. The van der Waals surface area contributed by atoms with Crippen LogP contribution in [0.2, 0.25) is 0 Å². The van der Waals surface area contributed by atoms with Crippen molar-refractivity contribution in [1.82, 2.24) is 9.97 Å². The third-order valence-electron chi connectivity index (χ3n) is 2.62. The molecule has 0 aliphatic rings. The first-order valence-electron chi connectivity index (χ1n) is 5.67. The van der Waals surface area contributed by atoms with Crippen LogP contribution in [0.1, 0.15) is 19.0 Å². The number of aromatic nitrogens is 2. The van der Waals surface area contributed by atoms with Crippen LogP contribution in [-0.2, 0) is 6.42 Å². The van der Waals surface area contributed by atoms with Gasteiger partial charge in [0.05, 0.1) is 5.69 Å². The molecular weight excluding hydrogens is 232 g/mol. The molecule has 3 nitrogen and oxygen atoms in total. The van der Waals surface area contributed by atoms with Crippen molar-refractivity contribution in [2.75, 3.05) is 6.26 Å². The molecule has 0 fully saturated rings. The molecule has 0 spiro atoms. The SMILES string of the molecule is CCCc1[nH]c(-c2ccc(SC)cc2)nc1O. The van der Waals surface area contributed by atoms with E-state index in [1.54, 1.807) is 11.8 Å². The number of benzene rings is 1. The Kier molecular flexibility index (Phi) is 3.74. The predicted molar refractivity (Wildman–Crippen MR) is 71.5 cm³/mol. The number of nitrogens with zero attached hydrogens (tertiary/aromatic N) is 1. The van der Waals surface area contributed by atoms with Crippen LogP contribution in [0, 0.1) is 0 Å². The van der Waals surface area contributed by atoms with Crippen molar-refractivity contribution in [2.45, 2.75) is 24.7 Å². The summed E-state index contributed by atoms with van der Waals surface area (Å²) >= 11 is 1.71. The molecule has 4 heteroatoms. The van der Waals surface area contributed by atoms with E-state index in [0.29, 0.717) is 0 Å². The molecule has 0 atom stereocenters. The van der Waals surface area contributed by atoms with E-state index < -0.39 is 0 Å². The molecule has 2 N–H and O–H groups in total. The molecular formula is C13H16N2OS. The van der Waals surface area contributed by atoms with Crippen LogP contribution in [0.15, 0.2) is 29.2 Å². The molecule has 90 valence electrons. The monoisotopic (exact) mass is 248 g/mol. The van der Waals surface area contributed by atoms with Gasteiger partial charge in [-0.15, -0.1) is 11.8 Å². The van der Waals surface area contributed by atoms with Crippen LogP contribution in [0.3, 0.4) is 0 Å². The first-order chi connectivity index (χ1) is 8.24. The molecule has 1 heterocycles. The van der Waals surface area contributed by atoms with Crippen molar-refractivity contribution in [3.8, 4) is 17.3 Å². The Morgan fingerprint density at radius 3 is 2.59 bits per heavy atom. The molecule has 0 unspecified atom stereocenters. The van der Waals surface area contributed by atoms with Gasteiger partial charge in [0, 0.05) is 10.5 Å². The highest BCUT2D eigenvalue weighted by Gasteiger charge is 2.09. The van der Waals surface area contributed by atoms with Gasteiger partial charge in [-0.1, -0.05) is 25.5 Å². The third-order valence-corrected chi connectivity index (χ3v) is 3.36. The standard InChI is InChI=1S/C13H16N2OS/c1-3-4-11-13(16)15-12(14-11)9-5-7-10(17-2)8-6-9/h5-8,16H,3-4H2,1-2H3,(H,14,15). The number of rotatable bonds is 4. The summed E-state index contributed by atoms with van der Waals surface area (Å²) in [6.45, 7) is 2.08. The number of nitrogens with one attached hydrogen (secondary N) is 1. The topological polar surface area (TPSA) is 48.9 Å². The first-order valence-corrected chi connectivity index (χ1v) is 6.89. The summed E-state index contributed by atoms with van der Waals surface area (Å²) in [4.78, 5) is 8.54. The Morgan fingerprint density at radius 1 is 1.29 bits per heavy atom. The van der Waals surface area contributed by atoms with Crippen molar-refractivity contribution in [2.24, 2.45) is 0 Å². The third kappa shape index (κ3) is 2.64. The van der Waals surface area contributed by atoms with Crippen molar-refractivity contribution in [3.63, 3.8) is 0 Å². The molecule has 2 aromatic rings. The van der Waals surface area contributed by atoms with E-state index in [1.165, 1.54) is 4.90 Å². The van der Waals surface area contributed by atoms with Crippen LogP contribution >= 0.6 is 11.8 Å².